The summed E-state index contributed by atoms with van der Waals surface area (Å²) in [6, 6.07) is 14.0. The van der Waals surface area contributed by atoms with Gasteiger partial charge >= 0.3 is 0 Å². The Bertz CT molecular complexity index is 1140. The van der Waals surface area contributed by atoms with Crippen molar-refractivity contribution in [2.45, 2.75) is 27.4 Å². The van der Waals surface area contributed by atoms with Crippen LogP contribution in [-0.4, -0.2) is 10.9 Å². The molecule has 0 spiro atoms. The van der Waals surface area contributed by atoms with Crippen molar-refractivity contribution in [2.75, 3.05) is 5.32 Å². The Hall–Kier alpha value is -2.70. The van der Waals surface area contributed by atoms with E-state index in [4.69, 9.17) is 4.74 Å². The van der Waals surface area contributed by atoms with E-state index in [1.54, 1.807) is 0 Å². The van der Waals surface area contributed by atoms with Crippen LogP contribution in [0.3, 0.4) is 0 Å². The molecular weight excluding hydrogens is 388 g/mol. The highest BCUT2D eigenvalue weighted by Crippen LogP contribution is 2.29. The van der Waals surface area contributed by atoms with Crippen LogP contribution in [0, 0.1) is 20.8 Å². The van der Waals surface area contributed by atoms with Crippen LogP contribution in [0.25, 0.3) is 10.2 Å². The van der Waals surface area contributed by atoms with Crippen LogP contribution >= 0.6 is 22.7 Å². The molecule has 0 fully saturated rings. The van der Waals surface area contributed by atoms with Gasteiger partial charge in [-0.1, -0.05) is 41.7 Å². The summed E-state index contributed by atoms with van der Waals surface area (Å²) in [4.78, 5) is 17.8. The number of carbonyl (C=O) groups excluding carboxylic acids is 1. The number of aromatic nitrogens is 1. The Kier molecular flexibility index (Phi) is 5.15. The number of aryl methyl sites for hydroxylation is 3. The molecule has 6 heteroatoms. The molecule has 2 heterocycles. The molecule has 28 heavy (non-hydrogen) atoms. The second kappa shape index (κ2) is 7.73. The van der Waals surface area contributed by atoms with Crippen molar-refractivity contribution in [1.29, 1.82) is 0 Å². The molecule has 0 radical (unpaired) electrons. The Morgan fingerprint density at radius 2 is 1.79 bits per heavy atom. The van der Waals surface area contributed by atoms with Crippen LogP contribution in [0.1, 0.15) is 31.9 Å². The molecular formula is C22H20N2O2S2. The van der Waals surface area contributed by atoms with E-state index in [2.05, 4.69) is 10.3 Å². The summed E-state index contributed by atoms with van der Waals surface area (Å²) in [7, 11) is 0. The number of para-hydroxylation sites is 2. The van der Waals surface area contributed by atoms with Crippen molar-refractivity contribution in [3.8, 4) is 5.75 Å². The van der Waals surface area contributed by atoms with Crippen LogP contribution in [0.2, 0.25) is 0 Å². The summed E-state index contributed by atoms with van der Waals surface area (Å²) < 4.78 is 7.06. The minimum absolute atomic E-state index is 0.139. The molecule has 4 nitrogen and oxygen atoms in total. The maximum atomic E-state index is 12.6. The van der Waals surface area contributed by atoms with Crippen LogP contribution in [0.5, 0.6) is 5.75 Å². The number of nitrogens with zero attached hydrogens (tertiary/aromatic N) is 1. The lowest BCUT2D eigenvalue weighted by Gasteiger charge is -2.10. The molecule has 2 aromatic carbocycles. The first-order valence-corrected chi connectivity index (χ1v) is 10.6. The van der Waals surface area contributed by atoms with E-state index in [0.717, 1.165) is 38.2 Å². The van der Waals surface area contributed by atoms with E-state index in [1.807, 2.05) is 68.6 Å². The zero-order valence-corrected chi connectivity index (χ0v) is 17.5. The number of thiazole rings is 1. The monoisotopic (exact) mass is 408 g/mol. The molecule has 4 rings (SSSR count). The quantitative estimate of drug-likeness (QED) is 0.433. The van der Waals surface area contributed by atoms with Gasteiger partial charge in [0.1, 0.15) is 12.4 Å². The van der Waals surface area contributed by atoms with E-state index >= 15 is 0 Å². The molecule has 1 N–H and O–H groups in total. The third-order valence-corrected chi connectivity index (χ3v) is 6.42. The van der Waals surface area contributed by atoms with Gasteiger partial charge in [-0.25, -0.2) is 4.98 Å². The van der Waals surface area contributed by atoms with E-state index < -0.39 is 0 Å². The second-order valence-electron chi connectivity index (χ2n) is 6.72. The first-order valence-electron chi connectivity index (χ1n) is 8.95. The van der Waals surface area contributed by atoms with Gasteiger partial charge in [0.15, 0.2) is 5.13 Å². The van der Waals surface area contributed by atoms with Crippen molar-refractivity contribution in [1.82, 2.24) is 4.98 Å². The molecule has 0 unspecified atom stereocenters. The molecule has 0 atom stereocenters. The predicted octanol–water partition coefficient (Wildman–Crippen LogP) is 6.11. The Morgan fingerprint density at radius 3 is 2.54 bits per heavy atom. The van der Waals surface area contributed by atoms with Gasteiger partial charge in [0.2, 0.25) is 0 Å². The predicted molar refractivity (Wildman–Crippen MR) is 117 cm³/mol. The van der Waals surface area contributed by atoms with Gasteiger partial charge in [-0.15, -0.1) is 11.3 Å². The molecule has 4 aromatic rings. The molecule has 0 bridgehead atoms. The molecule has 0 aliphatic rings. The molecule has 0 saturated carbocycles. The maximum absolute atomic E-state index is 12.6. The van der Waals surface area contributed by atoms with Gasteiger partial charge in [-0.05, 0) is 55.0 Å². The number of fused-ring (bicyclic) bond motifs is 1. The number of rotatable bonds is 5. The molecule has 1 amide bonds. The fourth-order valence-electron chi connectivity index (χ4n) is 3.05. The molecule has 0 saturated heterocycles. The lowest BCUT2D eigenvalue weighted by molar-refractivity contribution is 0.103. The summed E-state index contributed by atoms with van der Waals surface area (Å²) in [5.41, 5.74) is 5.25. The number of thiophene rings is 1. The van der Waals surface area contributed by atoms with Gasteiger partial charge in [0.25, 0.3) is 5.91 Å². The molecule has 142 valence electrons. The number of hydrogen-bond donors (Lipinski definition) is 1. The van der Waals surface area contributed by atoms with Gasteiger partial charge in [-0.2, -0.15) is 0 Å². The molecule has 0 aliphatic carbocycles. The summed E-state index contributed by atoms with van der Waals surface area (Å²) in [5, 5.41) is 5.50. The first kappa shape index (κ1) is 18.7. The number of nitrogens with one attached hydrogen (secondary N) is 1. The highest BCUT2D eigenvalue weighted by atomic mass is 32.1. The third-order valence-electron chi connectivity index (χ3n) is 4.51. The SMILES string of the molecule is Cc1cccc(C)c1OCc1csc(C(=O)Nc2nc3c(C)cccc3s2)c1. The number of carbonyl (C=O) groups is 1. The fourth-order valence-corrected chi connectivity index (χ4v) is 4.78. The largest absolute Gasteiger partial charge is 0.488 e. The normalized spacial score (nSPS) is 11.0. The highest BCUT2D eigenvalue weighted by Gasteiger charge is 2.13. The smallest absolute Gasteiger partial charge is 0.267 e. The van der Waals surface area contributed by atoms with E-state index in [1.165, 1.54) is 22.7 Å². The first-order chi connectivity index (χ1) is 13.5. The summed E-state index contributed by atoms with van der Waals surface area (Å²) in [6.45, 7) is 6.54. The lowest BCUT2D eigenvalue weighted by atomic mass is 10.1. The third kappa shape index (κ3) is 3.79. The minimum atomic E-state index is -0.139. The zero-order chi connectivity index (χ0) is 19.7. The van der Waals surface area contributed by atoms with E-state index in [9.17, 15) is 4.79 Å². The second-order valence-corrected chi connectivity index (χ2v) is 8.67. The van der Waals surface area contributed by atoms with Crippen LogP contribution in [0.15, 0.2) is 47.8 Å². The van der Waals surface area contributed by atoms with Gasteiger partial charge in [0, 0.05) is 5.56 Å². The number of ether oxygens (including phenoxy) is 1. The minimum Gasteiger partial charge on any atom is -0.488 e. The van der Waals surface area contributed by atoms with Crippen molar-refractivity contribution in [3.05, 3.63) is 75.0 Å². The fraction of sp³-hybridized carbons (Fsp3) is 0.182. The maximum Gasteiger partial charge on any atom is 0.267 e. The van der Waals surface area contributed by atoms with Crippen LogP contribution in [0.4, 0.5) is 5.13 Å². The van der Waals surface area contributed by atoms with Crippen molar-refractivity contribution >= 4 is 43.9 Å². The summed E-state index contributed by atoms with van der Waals surface area (Å²) in [6.07, 6.45) is 0. The van der Waals surface area contributed by atoms with Gasteiger partial charge in [0.05, 0.1) is 15.1 Å². The summed E-state index contributed by atoms with van der Waals surface area (Å²) >= 11 is 2.90. The average Bonchev–Trinajstić information content (AvgIpc) is 3.29. The summed E-state index contributed by atoms with van der Waals surface area (Å²) in [5.74, 6) is 0.768. The molecule has 2 aromatic heterocycles. The Labute approximate surface area is 171 Å². The lowest BCUT2D eigenvalue weighted by Crippen LogP contribution is -2.09. The van der Waals surface area contributed by atoms with E-state index in [0.29, 0.717) is 16.6 Å². The van der Waals surface area contributed by atoms with Gasteiger partial charge in [-0.3, -0.25) is 10.1 Å². The Morgan fingerprint density at radius 1 is 1.07 bits per heavy atom. The topological polar surface area (TPSA) is 51.2 Å². The number of hydrogen-bond acceptors (Lipinski definition) is 5. The van der Waals surface area contributed by atoms with Gasteiger partial charge < -0.3 is 4.74 Å². The Balaban J connectivity index is 1.44. The average molecular weight is 409 g/mol. The van der Waals surface area contributed by atoms with Crippen molar-refractivity contribution < 1.29 is 9.53 Å². The standard InChI is InChI=1S/C22H20N2O2S2/c1-13-6-5-9-17-19(13)23-22(28-17)24-21(25)18-10-16(12-27-18)11-26-20-14(2)7-4-8-15(20)3/h4-10,12H,11H2,1-3H3,(H,23,24,25). The van der Waals surface area contributed by atoms with Crippen molar-refractivity contribution in [3.63, 3.8) is 0 Å². The number of amides is 1. The highest BCUT2D eigenvalue weighted by molar-refractivity contribution is 7.22. The van der Waals surface area contributed by atoms with Crippen molar-refractivity contribution in [2.24, 2.45) is 0 Å². The van der Waals surface area contributed by atoms with E-state index in [-0.39, 0.29) is 5.91 Å². The zero-order valence-electron chi connectivity index (χ0n) is 15.9. The number of benzene rings is 2. The van der Waals surface area contributed by atoms with Crippen LogP contribution in [-0.2, 0) is 6.61 Å². The van der Waals surface area contributed by atoms with Crippen LogP contribution < -0.4 is 10.1 Å². The molecule has 0 aliphatic heterocycles. The number of anilines is 1.